The van der Waals surface area contributed by atoms with Crippen molar-refractivity contribution in [3.63, 3.8) is 0 Å². The van der Waals surface area contributed by atoms with Crippen molar-refractivity contribution in [1.82, 2.24) is 34.8 Å². The van der Waals surface area contributed by atoms with E-state index >= 15 is 0 Å². The molecule has 2 aliphatic heterocycles. The normalized spacial score (nSPS) is 20.4. The van der Waals surface area contributed by atoms with Crippen LogP contribution in [0.3, 0.4) is 0 Å². The van der Waals surface area contributed by atoms with Gasteiger partial charge in [0.1, 0.15) is 0 Å². The van der Waals surface area contributed by atoms with Gasteiger partial charge in [0.2, 0.25) is 5.95 Å². The minimum atomic E-state index is 0.176. The van der Waals surface area contributed by atoms with Gasteiger partial charge in [-0.1, -0.05) is 17.7 Å². The third kappa shape index (κ3) is 4.28. The minimum absolute atomic E-state index is 0.176. The van der Waals surface area contributed by atoms with Crippen molar-refractivity contribution in [1.29, 1.82) is 0 Å². The summed E-state index contributed by atoms with van der Waals surface area (Å²) in [5, 5.41) is 12.2. The number of rotatable bonds is 4. The molecule has 9 heteroatoms. The van der Waals surface area contributed by atoms with Gasteiger partial charge in [0.15, 0.2) is 10.8 Å². The van der Waals surface area contributed by atoms with E-state index in [4.69, 9.17) is 21.7 Å². The van der Waals surface area contributed by atoms with Crippen LogP contribution in [0.25, 0.3) is 11.2 Å². The van der Waals surface area contributed by atoms with E-state index < -0.39 is 0 Å². The van der Waals surface area contributed by atoms with E-state index in [2.05, 4.69) is 45.5 Å². The molecule has 1 atom stereocenters. The van der Waals surface area contributed by atoms with Gasteiger partial charge in [0.05, 0.1) is 17.6 Å². The van der Waals surface area contributed by atoms with E-state index in [0.29, 0.717) is 23.6 Å². The van der Waals surface area contributed by atoms with E-state index in [1.807, 2.05) is 18.3 Å². The predicted octanol–water partition coefficient (Wildman–Crippen LogP) is 2.85. The molecule has 0 aliphatic carbocycles. The summed E-state index contributed by atoms with van der Waals surface area (Å²) >= 11 is 6.24. The van der Waals surface area contributed by atoms with E-state index in [9.17, 15) is 0 Å². The van der Waals surface area contributed by atoms with Crippen molar-refractivity contribution >= 4 is 28.8 Å². The number of nitrogens with zero attached hydrogens (tertiary/aromatic N) is 6. The van der Waals surface area contributed by atoms with Crippen LogP contribution in [0.5, 0.6) is 0 Å². The van der Waals surface area contributed by atoms with Crippen molar-refractivity contribution in [2.24, 2.45) is 5.92 Å². The minimum Gasteiger partial charge on any atom is -0.354 e. The van der Waals surface area contributed by atoms with Crippen molar-refractivity contribution in [3.8, 4) is 0 Å². The zero-order chi connectivity index (χ0) is 21.4. The Labute approximate surface area is 186 Å². The topological polar surface area (TPSA) is 83.3 Å². The maximum absolute atomic E-state index is 6.24. The highest BCUT2D eigenvalue weighted by molar-refractivity contribution is 6.29. The van der Waals surface area contributed by atoms with E-state index in [1.165, 1.54) is 12.8 Å². The Hall–Kier alpha value is -2.55. The highest BCUT2D eigenvalue weighted by Gasteiger charge is 2.21. The van der Waals surface area contributed by atoms with Crippen LogP contribution < -0.4 is 10.6 Å². The Morgan fingerprint density at radius 1 is 1.19 bits per heavy atom. The number of hydrogen-bond donors (Lipinski definition) is 2. The number of nitrogens with one attached hydrogen (secondary N) is 2. The number of anilines is 1. The van der Waals surface area contributed by atoms with Gasteiger partial charge in [0.25, 0.3) is 0 Å². The first-order chi connectivity index (χ1) is 15.1. The summed E-state index contributed by atoms with van der Waals surface area (Å²) in [6.07, 6.45) is 8.11. The monoisotopic (exact) mass is 438 g/mol. The van der Waals surface area contributed by atoms with Gasteiger partial charge in [-0.25, -0.2) is 19.5 Å². The van der Waals surface area contributed by atoms with Crippen LogP contribution in [0, 0.1) is 5.92 Å². The van der Waals surface area contributed by atoms with Crippen LogP contribution in [-0.4, -0.2) is 62.2 Å². The second-order valence-corrected chi connectivity index (χ2v) is 8.89. The molecule has 1 fully saturated rings. The van der Waals surface area contributed by atoms with Gasteiger partial charge < -0.3 is 15.5 Å². The molecular formula is C22H27ClN8. The Bertz CT molecular complexity index is 1120. The van der Waals surface area contributed by atoms with Gasteiger partial charge in [-0.05, 0) is 58.0 Å². The average Bonchev–Trinajstić information content (AvgIpc) is 3.07. The zero-order valence-corrected chi connectivity index (χ0v) is 18.6. The summed E-state index contributed by atoms with van der Waals surface area (Å²) in [5.41, 5.74) is 4.50. The van der Waals surface area contributed by atoms with Crippen molar-refractivity contribution in [3.05, 3.63) is 52.7 Å². The molecule has 5 heterocycles. The van der Waals surface area contributed by atoms with Crippen molar-refractivity contribution < 1.29 is 0 Å². The average molecular weight is 439 g/mol. The van der Waals surface area contributed by atoms with Crippen LogP contribution >= 0.6 is 11.6 Å². The molecule has 0 aromatic carbocycles. The smallest absolute Gasteiger partial charge is 0.222 e. The molecular weight excluding hydrogens is 412 g/mol. The molecule has 0 amide bonds. The van der Waals surface area contributed by atoms with Gasteiger partial charge in [-0.15, -0.1) is 0 Å². The van der Waals surface area contributed by atoms with Crippen molar-refractivity contribution in [2.75, 3.05) is 32.0 Å². The molecule has 3 aromatic rings. The lowest BCUT2D eigenvalue weighted by Crippen LogP contribution is -2.33. The quantitative estimate of drug-likeness (QED) is 0.648. The fourth-order valence-corrected chi connectivity index (χ4v) is 4.41. The molecule has 2 N–H and O–H groups in total. The molecule has 31 heavy (non-hydrogen) atoms. The fraction of sp³-hybridized carbons (Fsp3) is 0.455. The van der Waals surface area contributed by atoms with Crippen LogP contribution in [0.4, 0.5) is 5.95 Å². The summed E-state index contributed by atoms with van der Waals surface area (Å²) in [5.74, 6) is 1.36. The first-order valence-corrected chi connectivity index (χ1v) is 11.2. The SMILES string of the molecule is C[C@@H]1C=C(c2ccc3ncc(Cl)n3n2)c2cnc(NCC3CCN(C)CC3)nc2CN1. The molecule has 0 saturated carbocycles. The van der Waals surface area contributed by atoms with Crippen molar-refractivity contribution in [2.45, 2.75) is 32.4 Å². The number of halogens is 1. The Kier molecular flexibility index (Phi) is 5.60. The lowest BCUT2D eigenvalue weighted by Gasteiger charge is -2.28. The van der Waals surface area contributed by atoms with E-state index in [0.717, 1.165) is 47.8 Å². The lowest BCUT2D eigenvalue weighted by molar-refractivity contribution is 0.226. The van der Waals surface area contributed by atoms with Crippen LogP contribution in [0.1, 0.15) is 36.7 Å². The van der Waals surface area contributed by atoms with Gasteiger partial charge in [-0.2, -0.15) is 5.10 Å². The number of imidazole rings is 1. The Morgan fingerprint density at radius 2 is 2.03 bits per heavy atom. The van der Waals surface area contributed by atoms with Crippen LogP contribution in [0.15, 0.2) is 30.6 Å². The summed E-state index contributed by atoms with van der Waals surface area (Å²) in [6.45, 7) is 6.03. The number of hydrogen-bond acceptors (Lipinski definition) is 7. The maximum atomic E-state index is 6.24. The molecule has 3 aromatic heterocycles. The molecule has 162 valence electrons. The standard InChI is InChI=1S/C22H27ClN8/c1-14-9-16(18-3-4-21-25-13-20(23)31(21)29-18)17-11-27-22(28-19(17)12-24-14)26-10-15-5-7-30(2)8-6-15/h3-4,9,11,13-15,24H,5-8,10,12H2,1-2H3,(H,26,27,28)/t14-/m1/s1. The second-order valence-electron chi connectivity index (χ2n) is 8.50. The molecule has 2 aliphatic rings. The van der Waals surface area contributed by atoms with E-state index in [1.54, 1.807) is 10.7 Å². The highest BCUT2D eigenvalue weighted by Crippen LogP contribution is 2.28. The molecule has 0 unspecified atom stereocenters. The number of piperidine rings is 1. The number of likely N-dealkylation sites (tertiary alicyclic amines) is 1. The molecule has 1 saturated heterocycles. The summed E-state index contributed by atoms with van der Waals surface area (Å²) in [4.78, 5) is 16.1. The number of aromatic nitrogens is 5. The maximum Gasteiger partial charge on any atom is 0.222 e. The molecule has 5 rings (SSSR count). The van der Waals surface area contributed by atoms with Gasteiger partial charge in [-0.3, -0.25) is 0 Å². The summed E-state index contributed by atoms with van der Waals surface area (Å²) in [6, 6.07) is 4.07. The van der Waals surface area contributed by atoms with Crippen LogP contribution in [-0.2, 0) is 6.54 Å². The van der Waals surface area contributed by atoms with Gasteiger partial charge >= 0.3 is 0 Å². The zero-order valence-electron chi connectivity index (χ0n) is 17.8. The second kappa shape index (κ2) is 8.53. The van der Waals surface area contributed by atoms with Gasteiger partial charge in [0, 0.05) is 36.5 Å². The first-order valence-electron chi connectivity index (χ1n) is 10.8. The Morgan fingerprint density at radius 3 is 2.87 bits per heavy atom. The third-order valence-corrected chi connectivity index (χ3v) is 6.41. The third-order valence-electron chi connectivity index (χ3n) is 6.15. The van der Waals surface area contributed by atoms with E-state index in [-0.39, 0.29) is 6.04 Å². The largest absolute Gasteiger partial charge is 0.354 e. The molecule has 0 radical (unpaired) electrons. The summed E-state index contributed by atoms with van der Waals surface area (Å²) in [7, 11) is 2.19. The van der Waals surface area contributed by atoms with Crippen LogP contribution in [0.2, 0.25) is 5.15 Å². The summed E-state index contributed by atoms with van der Waals surface area (Å²) < 4.78 is 1.65. The first kappa shape index (κ1) is 20.4. The number of fused-ring (bicyclic) bond motifs is 2. The molecule has 0 bridgehead atoms. The fourth-order valence-electron chi connectivity index (χ4n) is 4.23. The Balaban J connectivity index is 1.41. The lowest BCUT2D eigenvalue weighted by atomic mass is 9.97. The molecule has 0 spiro atoms. The highest BCUT2D eigenvalue weighted by atomic mass is 35.5. The molecule has 8 nitrogen and oxygen atoms in total. The predicted molar refractivity (Wildman–Crippen MR) is 122 cm³/mol.